The molecule has 61 heavy (non-hydrogen) atoms. The number of carbonyl (C=O) groups is 1. The quantitative estimate of drug-likeness (QED) is 0.0219. The Balaban J connectivity index is 2.41. The first-order valence-corrected chi connectivity index (χ1v) is 24.5. The van der Waals surface area contributed by atoms with Crippen LogP contribution in [0.2, 0.25) is 0 Å². The number of unbranched alkanes of at least 4 members (excludes halogenated alkanes) is 20. The first kappa shape index (κ1) is 57.1. The molecule has 11 heteroatoms. The van der Waals surface area contributed by atoms with Crippen LogP contribution in [-0.4, -0.2) is 110 Å². The number of aliphatic hydroxyl groups is 7. The Kier molecular flexibility index (Phi) is 37.1. The lowest BCUT2D eigenvalue weighted by molar-refractivity contribution is -0.303. The molecule has 0 aromatic rings. The largest absolute Gasteiger partial charge is 0.394 e. The SMILES string of the molecule is CCCCC/C=C/CC/C=C/CCCC(O)C(O)C(COC1OC(CO)C(O)C(O)C1O)NC(=O)C(O)CCCCCCCC/C=C\C/C=C\CCCCCCCCCCC. The maximum atomic E-state index is 13.1. The van der Waals surface area contributed by atoms with Crippen LogP contribution in [0.1, 0.15) is 194 Å². The van der Waals surface area contributed by atoms with E-state index in [1.165, 1.54) is 83.5 Å². The van der Waals surface area contributed by atoms with Gasteiger partial charge in [0, 0.05) is 0 Å². The zero-order valence-electron chi connectivity index (χ0n) is 38.4. The van der Waals surface area contributed by atoms with Gasteiger partial charge in [-0.2, -0.15) is 0 Å². The second kappa shape index (κ2) is 39.6. The minimum absolute atomic E-state index is 0.237. The molecule has 1 aliphatic heterocycles. The Morgan fingerprint density at radius 1 is 0.574 bits per heavy atom. The molecule has 0 aromatic carbocycles. The number of allylic oxidation sites excluding steroid dienone is 8. The summed E-state index contributed by atoms with van der Waals surface area (Å²) in [6, 6.07) is -1.20. The predicted octanol–water partition coefficient (Wildman–Crippen LogP) is 8.56. The molecule has 1 saturated heterocycles. The molecule has 1 fully saturated rings. The standard InChI is InChI=1S/C50H91NO10/c1-3-5-7-9-11-13-15-17-18-19-20-21-22-23-24-25-26-28-30-32-34-36-38-43(54)49(59)51-41(40-60-50-48(58)47(57)46(56)44(39-52)61-50)45(55)42(53)37-35-33-31-29-27-16-14-12-10-8-6-4-2/h12,14,20-21,23-24,29,31,41-48,50,52-58H,3-11,13,15-19,22,25-28,30,32-40H2,1-2H3,(H,51,59)/b14-12+,21-20-,24-23-,31-29+. The van der Waals surface area contributed by atoms with E-state index >= 15 is 0 Å². The lowest BCUT2D eigenvalue weighted by atomic mass is 9.98. The van der Waals surface area contributed by atoms with Crippen molar-refractivity contribution in [2.45, 2.75) is 249 Å². The van der Waals surface area contributed by atoms with Crippen LogP contribution in [0, 0.1) is 0 Å². The number of amides is 1. The molecule has 8 N–H and O–H groups in total. The maximum absolute atomic E-state index is 13.1. The van der Waals surface area contributed by atoms with Gasteiger partial charge in [-0.3, -0.25) is 4.79 Å². The maximum Gasteiger partial charge on any atom is 0.249 e. The van der Waals surface area contributed by atoms with Crippen molar-refractivity contribution in [3.63, 3.8) is 0 Å². The molecule has 0 radical (unpaired) electrons. The van der Waals surface area contributed by atoms with Crippen LogP contribution in [0.25, 0.3) is 0 Å². The van der Waals surface area contributed by atoms with E-state index in [0.29, 0.717) is 19.3 Å². The minimum Gasteiger partial charge on any atom is -0.394 e. The van der Waals surface area contributed by atoms with Crippen LogP contribution in [-0.2, 0) is 14.3 Å². The number of aliphatic hydroxyl groups excluding tert-OH is 7. The summed E-state index contributed by atoms with van der Waals surface area (Å²) in [4.78, 5) is 13.1. The lowest BCUT2D eigenvalue weighted by Gasteiger charge is -2.40. The fourth-order valence-electron chi connectivity index (χ4n) is 7.49. The molecule has 1 aliphatic rings. The van der Waals surface area contributed by atoms with Gasteiger partial charge in [0.25, 0.3) is 0 Å². The molecule has 0 aromatic heterocycles. The highest BCUT2D eigenvalue weighted by atomic mass is 16.7. The Morgan fingerprint density at radius 3 is 1.59 bits per heavy atom. The number of carbonyl (C=O) groups excluding carboxylic acids is 1. The second-order valence-electron chi connectivity index (χ2n) is 17.2. The average Bonchev–Trinajstić information content (AvgIpc) is 3.26. The van der Waals surface area contributed by atoms with Crippen molar-refractivity contribution >= 4 is 5.91 Å². The summed E-state index contributed by atoms with van der Waals surface area (Å²) in [5, 5.41) is 75.6. The molecule has 9 unspecified atom stereocenters. The number of ether oxygens (including phenoxy) is 2. The number of hydrogen-bond donors (Lipinski definition) is 8. The molecule has 1 heterocycles. The average molecular weight is 866 g/mol. The van der Waals surface area contributed by atoms with E-state index in [1.807, 2.05) is 0 Å². The van der Waals surface area contributed by atoms with Gasteiger partial charge in [0.15, 0.2) is 6.29 Å². The van der Waals surface area contributed by atoms with E-state index in [0.717, 1.165) is 64.2 Å². The highest BCUT2D eigenvalue weighted by Gasteiger charge is 2.44. The molecule has 0 saturated carbocycles. The van der Waals surface area contributed by atoms with E-state index < -0.39 is 74.2 Å². The summed E-state index contributed by atoms with van der Waals surface area (Å²) in [6.07, 6.45) is 35.9. The van der Waals surface area contributed by atoms with Crippen LogP contribution in [0.3, 0.4) is 0 Å². The van der Waals surface area contributed by atoms with Gasteiger partial charge >= 0.3 is 0 Å². The third kappa shape index (κ3) is 29.2. The van der Waals surface area contributed by atoms with Crippen LogP contribution in [0.4, 0.5) is 0 Å². The minimum atomic E-state index is -1.67. The number of rotatable bonds is 40. The van der Waals surface area contributed by atoms with Crippen LogP contribution < -0.4 is 5.32 Å². The summed E-state index contributed by atoms with van der Waals surface area (Å²) in [5.41, 5.74) is 0. The predicted molar refractivity (Wildman–Crippen MR) is 247 cm³/mol. The Hall–Kier alpha value is -1.93. The third-order valence-corrected chi connectivity index (χ3v) is 11.6. The summed E-state index contributed by atoms with van der Waals surface area (Å²) >= 11 is 0. The molecule has 356 valence electrons. The van der Waals surface area contributed by atoms with E-state index in [1.54, 1.807) is 0 Å². The molecular formula is C50H91NO10. The summed E-state index contributed by atoms with van der Waals surface area (Å²) in [6.45, 7) is 3.37. The number of nitrogens with one attached hydrogen (secondary N) is 1. The van der Waals surface area contributed by atoms with Gasteiger partial charge in [-0.15, -0.1) is 0 Å². The summed E-state index contributed by atoms with van der Waals surface area (Å²) in [7, 11) is 0. The van der Waals surface area contributed by atoms with Crippen molar-refractivity contribution in [1.29, 1.82) is 0 Å². The molecule has 0 spiro atoms. The normalized spacial score (nSPS) is 21.9. The van der Waals surface area contributed by atoms with E-state index in [4.69, 9.17) is 9.47 Å². The van der Waals surface area contributed by atoms with Gasteiger partial charge in [-0.05, 0) is 83.5 Å². The zero-order valence-corrected chi connectivity index (χ0v) is 38.4. The van der Waals surface area contributed by atoms with Crippen molar-refractivity contribution < 1.29 is 50.0 Å². The van der Waals surface area contributed by atoms with Crippen molar-refractivity contribution in [3.8, 4) is 0 Å². The van der Waals surface area contributed by atoms with E-state index in [9.17, 15) is 40.5 Å². The Morgan fingerprint density at radius 2 is 1.03 bits per heavy atom. The fourth-order valence-corrected chi connectivity index (χ4v) is 7.49. The molecule has 9 atom stereocenters. The molecule has 0 bridgehead atoms. The fraction of sp³-hybridized carbons (Fsp3) is 0.820. The van der Waals surface area contributed by atoms with Crippen molar-refractivity contribution in [3.05, 3.63) is 48.6 Å². The second-order valence-corrected chi connectivity index (χ2v) is 17.2. The van der Waals surface area contributed by atoms with Gasteiger partial charge < -0.3 is 50.5 Å². The smallest absolute Gasteiger partial charge is 0.249 e. The van der Waals surface area contributed by atoms with Crippen LogP contribution >= 0.6 is 0 Å². The van der Waals surface area contributed by atoms with Gasteiger partial charge in [0.2, 0.25) is 5.91 Å². The van der Waals surface area contributed by atoms with Gasteiger partial charge in [-0.1, -0.05) is 159 Å². The Labute approximate surface area is 370 Å². The number of hydrogen-bond acceptors (Lipinski definition) is 10. The first-order valence-electron chi connectivity index (χ1n) is 24.5. The van der Waals surface area contributed by atoms with Gasteiger partial charge in [0.05, 0.1) is 25.4 Å². The van der Waals surface area contributed by atoms with Crippen molar-refractivity contribution in [1.82, 2.24) is 5.32 Å². The van der Waals surface area contributed by atoms with E-state index in [-0.39, 0.29) is 12.8 Å². The highest BCUT2D eigenvalue weighted by Crippen LogP contribution is 2.23. The molecule has 0 aliphatic carbocycles. The zero-order chi connectivity index (χ0) is 44.8. The lowest BCUT2D eigenvalue weighted by Crippen LogP contribution is -2.60. The monoisotopic (exact) mass is 866 g/mol. The molecule has 11 nitrogen and oxygen atoms in total. The molecular weight excluding hydrogens is 775 g/mol. The Bertz CT molecular complexity index is 1130. The summed E-state index contributed by atoms with van der Waals surface area (Å²) < 4.78 is 11.1. The molecule has 1 amide bonds. The topological polar surface area (TPSA) is 189 Å². The first-order chi connectivity index (χ1) is 29.7. The van der Waals surface area contributed by atoms with E-state index in [2.05, 4.69) is 67.8 Å². The van der Waals surface area contributed by atoms with Crippen LogP contribution in [0.15, 0.2) is 48.6 Å². The highest BCUT2D eigenvalue weighted by molar-refractivity contribution is 5.80. The van der Waals surface area contributed by atoms with Gasteiger partial charge in [-0.25, -0.2) is 0 Å². The van der Waals surface area contributed by atoms with Crippen LogP contribution in [0.5, 0.6) is 0 Å². The van der Waals surface area contributed by atoms with Gasteiger partial charge in [0.1, 0.15) is 36.6 Å². The summed E-state index contributed by atoms with van der Waals surface area (Å²) in [5.74, 6) is -0.721. The van der Waals surface area contributed by atoms with Crippen molar-refractivity contribution in [2.24, 2.45) is 0 Å². The molecule has 1 rings (SSSR count). The van der Waals surface area contributed by atoms with Crippen molar-refractivity contribution in [2.75, 3.05) is 13.2 Å². The third-order valence-electron chi connectivity index (χ3n) is 11.6.